The molecule has 0 aromatic heterocycles. The maximum Gasteiger partial charge on any atom is 0.241 e. The highest BCUT2D eigenvalue weighted by Gasteiger charge is 2.33. The van der Waals surface area contributed by atoms with Crippen molar-refractivity contribution in [2.75, 3.05) is 19.8 Å². The van der Waals surface area contributed by atoms with Crippen LogP contribution in [0, 0.1) is 0 Å². The average Bonchev–Trinajstić information content (AvgIpc) is 3.05. The number of amides is 1. The third-order valence-electron chi connectivity index (χ3n) is 3.87. The average molecular weight is 260 g/mol. The van der Waals surface area contributed by atoms with Crippen molar-refractivity contribution in [2.45, 2.75) is 31.4 Å². The molecular weight excluding hydrogens is 240 g/mol. The van der Waals surface area contributed by atoms with Crippen LogP contribution in [0.5, 0.6) is 0 Å². The van der Waals surface area contributed by atoms with Gasteiger partial charge in [-0.15, -0.1) is 0 Å². The number of hydrogen-bond donors (Lipinski definition) is 1. The van der Waals surface area contributed by atoms with Gasteiger partial charge in [0, 0.05) is 13.2 Å². The van der Waals surface area contributed by atoms with Gasteiger partial charge in [0.2, 0.25) is 5.91 Å². The van der Waals surface area contributed by atoms with E-state index in [9.17, 15) is 4.79 Å². The van der Waals surface area contributed by atoms with E-state index in [1.165, 1.54) is 5.56 Å². The van der Waals surface area contributed by atoms with Gasteiger partial charge < -0.3 is 9.64 Å². The quantitative estimate of drug-likeness (QED) is 0.883. The molecule has 3 rings (SSSR count). The largest absolute Gasteiger partial charge is 0.376 e. The van der Waals surface area contributed by atoms with E-state index in [0.29, 0.717) is 6.67 Å². The van der Waals surface area contributed by atoms with E-state index >= 15 is 0 Å². The van der Waals surface area contributed by atoms with Crippen LogP contribution in [0.15, 0.2) is 30.3 Å². The Kier molecular flexibility index (Phi) is 3.80. The number of carbonyl (C=O) groups excluding carboxylic acids is 1. The molecular formula is C15H20N2O2. The molecule has 1 N–H and O–H groups in total. The maximum atomic E-state index is 12.3. The molecule has 0 aliphatic carbocycles. The van der Waals surface area contributed by atoms with E-state index < -0.39 is 0 Å². The van der Waals surface area contributed by atoms with Crippen molar-refractivity contribution in [3.8, 4) is 0 Å². The SMILES string of the molecule is O=C1C(Cc2ccccc2)NCN1CC1CCCO1. The zero-order valence-electron chi connectivity index (χ0n) is 11.0. The van der Waals surface area contributed by atoms with Gasteiger partial charge in [0.05, 0.1) is 18.8 Å². The third-order valence-corrected chi connectivity index (χ3v) is 3.87. The van der Waals surface area contributed by atoms with Crippen LogP contribution < -0.4 is 5.32 Å². The van der Waals surface area contributed by atoms with Crippen LogP contribution in [-0.4, -0.2) is 42.8 Å². The molecule has 1 aromatic rings. The van der Waals surface area contributed by atoms with Gasteiger partial charge in [-0.1, -0.05) is 30.3 Å². The summed E-state index contributed by atoms with van der Waals surface area (Å²) in [5.74, 6) is 0.208. The summed E-state index contributed by atoms with van der Waals surface area (Å²) in [4.78, 5) is 14.2. The van der Waals surface area contributed by atoms with Crippen molar-refractivity contribution < 1.29 is 9.53 Å². The summed E-state index contributed by atoms with van der Waals surface area (Å²) in [7, 11) is 0. The second-order valence-electron chi connectivity index (χ2n) is 5.30. The van der Waals surface area contributed by atoms with Crippen molar-refractivity contribution in [1.82, 2.24) is 10.2 Å². The van der Waals surface area contributed by atoms with E-state index in [1.807, 2.05) is 23.1 Å². The second kappa shape index (κ2) is 5.72. The van der Waals surface area contributed by atoms with Crippen LogP contribution in [0.1, 0.15) is 18.4 Å². The number of hydrogen-bond acceptors (Lipinski definition) is 3. The van der Waals surface area contributed by atoms with Gasteiger partial charge >= 0.3 is 0 Å². The molecule has 2 saturated heterocycles. The number of rotatable bonds is 4. The minimum absolute atomic E-state index is 0.0798. The molecule has 2 aliphatic rings. The normalized spacial score (nSPS) is 27.2. The highest BCUT2D eigenvalue weighted by molar-refractivity contribution is 5.84. The lowest BCUT2D eigenvalue weighted by Gasteiger charge is -2.19. The Bertz CT molecular complexity index is 429. The highest BCUT2D eigenvalue weighted by Crippen LogP contribution is 2.16. The first-order chi connectivity index (χ1) is 9.33. The minimum Gasteiger partial charge on any atom is -0.376 e. The van der Waals surface area contributed by atoms with Crippen LogP contribution in [0.4, 0.5) is 0 Å². The minimum atomic E-state index is -0.0798. The van der Waals surface area contributed by atoms with Gasteiger partial charge in [-0.3, -0.25) is 10.1 Å². The van der Waals surface area contributed by atoms with Crippen LogP contribution >= 0.6 is 0 Å². The number of ether oxygens (including phenoxy) is 1. The predicted octanol–water partition coefficient (Wildman–Crippen LogP) is 1.17. The Morgan fingerprint density at radius 1 is 1.32 bits per heavy atom. The molecule has 0 saturated carbocycles. The van der Waals surface area contributed by atoms with E-state index in [2.05, 4.69) is 17.4 Å². The van der Waals surface area contributed by atoms with Gasteiger partial charge in [0.15, 0.2) is 0 Å². The molecule has 2 atom stereocenters. The molecule has 1 aromatic carbocycles. The lowest BCUT2D eigenvalue weighted by atomic mass is 10.1. The van der Waals surface area contributed by atoms with Crippen LogP contribution in [0.25, 0.3) is 0 Å². The van der Waals surface area contributed by atoms with Crippen molar-refractivity contribution in [3.05, 3.63) is 35.9 Å². The Morgan fingerprint density at radius 2 is 2.16 bits per heavy atom. The molecule has 1 amide bonds. The summed E-state index contributed by atoms with van der Waals surface area (Å²) in [5, 5.41) is 3.30. The van der Waals surface area contributed by atoms with Crippen molar-refractivity contribution in [3.63, 3.8) is 0 Å². The van der Waals surface area contributed by atoms with E-state index in [4.69, 9.17) is 4.74 Å². The number of nitrogens with one attached hydrogen (secondary N) is 1. The molecule has 2 heterocycles. The van der Waals surface area contributed by atoms with Crippen molar-refractivity contribution >= 4 is 5.91 Å². The number of benzene rings is 1. The van der Waals surface area contributed by atoms with Gasteiger partial charge in [0.25, 0.3) is 0 Å². The molecule has 0 spiro atoms. The summed E-state index contributed by atoms with van der Waals surface area (Å²) in [6.45, 7) is 2.22. The fourth-order valence-corrected chi connectivity index (χ4v) is 2.80. The number of carbonyl (C=O) groups is 1. The van der Waals surface area contributed by atoms with E-state index in [-0.39, 0.29) is 18.1 Å². The summed E-state index contributed by atoms with van der Waals surface area (Å²) in [6.07, 6.45) is 3.20. The fourth-order valence-electron chi connectivity index (χ4n) is 2.80. The van der Waals surface area contributed by atoms with Gasteiger partial charge in [-0.2, -0.15) is 0 Å². The van der Waals surface area contributed by atoms with Crippen LogP contribution in [-0.2, 0) is 16.0 Å². The van der Waals surface area contributed by atoms with Gasteiger partial charge in [-0.05, 0) is 24.8 Å². The zero-order valence-corrected chi connectivity index (χ0v) is 11.0. The molecule has 4 nitrogen and oxygen atoms in total. The maximum absolute atomic E-state index is 12.3. The Hall–Kier alpha value is -1.39. The standard InChI is InChI=1S/C15H20N2O2/c18-15-14(9-12-5-2-1-3-6-12)16-11-17(15)10-13-7-4-8-19-13/h1-3,5-6,13-14,16H,4,7-11H2. The lowest BCUT2D eigenvalue weighted by molar-refractivity contribution is -0.130. The second-order valence-corrected chi connectivity index (χ2v) is 5.30. The van der Waals surface area contributed by atoms with Crippen LogP contribution in [0.3, 0.4) is 0 Å². The Balaban J connectivity index is 1.56. The topological polar surface area (TPSA) is 41.6 Å². The van der Waals surface area contributed by atoms with Crippen molar-refractivity contribution in [1.29, 1.82) is 0 Å². The molecule has 4 heteroatoms. The molecule has 2 unspecified atom stereocenters. The van der Waals surface area contributed by atoms with Crippen molar-refractivity contribution in [2.24, 2.45) is 0 Å². The summed E-state index contributed by atoms with van der Waals surface area (Å²) < 4.78 is 5.60. The van der Waals surface area contributed by atoms with Crippen LogP contribution in [0.2, 0.25) is 0 Å². The summed E-state index contributed by atoms with van der Waals surface area (Å²) in [6, 6.07) is 10.1. The monoisotopic (exact) mass is 260 g/mol. The molecule has 0 bridgehead atoms. The van der Waals surface area contributed by atoms with Gasteiger partial charge in [0.1, 0.15) is 0 Å². The summed E-state index contributed by atoms with van der Waals surface area (Å²) >= 11 is 0. The predicted molar refractivity (Wildman–Crippen MR) is 72.6 cm³/mol. The molecule has 102 valence electrons. The first kappa shape index (κ1) is 12.6. The molecule has 0 radical (unpaired) electrons. The fraction of sp³-hybridized carbons (Fsp3) is 0.533. The van der Waals surface area contributed by atoms with E-state index in [0.717, 1.165) is 32.4 Å². The zero-order chi connectivity index (χ0) is 13.1. The Morgan fingerprint density at radius 3 is 2.89 bits per heavy atom. The number of nitrogens with zero attached hydrogens (tertiary/aromatic N) is 1. The van der Waals surface area contributed by atoms with Gasteiger partial charge in [-0.25, -0.2) is 0 Å². The Labute approximate surface area is 113 Å². The van der Waals surface area contributed by atoms with E-state index in [1.54, 1.807) is 0 Å². The molecule has 2 aliphatic heterocycles. The molecule has 19 heavy (non-hydrogen) atoms. The lowest BCUT2D eigenvalue weighted by Crippen LogP contribution is -2.36. The smallest absolute Gasteiger partial charge is 0.241 e. The summed E-state index contributed by atoms with van der Waals surface area (Å²) in [5.41, 5.74) is 1.20. The first-order valence-electron chi connectivity index (χ1n) is 7.00. The third kappa shape index (κ3) is 2.96. The first-order valence-corrected chi connectivity index (χ1v) is 7.00. The molecule has 2 fully saturated rings. The highest BCUT2D eigenvalue weighted by atomic mass is 16.5.